The quantitative estimate of drug-likeness (QED) is 0.584. The molecular formula is C16H15ClN4O5. The molecule has 0 atom stereocenters. The number of rotatable bonds is 5. The monoisotopic (exact) mass is 378 g/mol. The molecule has 2 amide bonds. The van der Waals surface area contributed by atoms with E-state index in [1.165, 1.54) is 21.9 Å². The van der Waals surface area contributed by atoms with Crippen LogP contribution in [0.1, 0.15) is 29.0 Å². The molecule has 1 aromatic carbocycles. The number of benzene rings is 1. The van der Waals surface area contributed by atoms with Gasteiger partial charge in [-0.1, -0.05) is 16.8 Å². The number of nitrogens with zero attached hydrogens (tertiary/aromatic N) is 4. The first-order valence-electron chi connectivity index (χ1n) is 7.83. The minimum absolute atomic E-state index is 0.0138. The van der Waals surface area contributed by atoms with E-state index in [9.17, 15) is 19.7 Å². The van der Waals surface area contributed by atoms with Gasteiger partial charge in [0.05, 0.1) is 4.92 Å². The van der Waals surface area contributed by atoms with Crippen molar-refractivity contribution in [3.63, 3.8) is 0 Å². The molecule has 0 unspecified atom stereocenters. The van der Waals surface area contributed by atoms with Crippen LogP contribution in [-0.2, 0) is 4.79 Å². The van der Waals surface area contributed by atoms with Crippen molar-refractivity contribution >= 4 is 34.9 Å². The molecule has 0 aliphatic carbocycles. The van der Waals surface area contributed by atoms with Crippen molar-refractivity contribution in [1.82, 2.24) is 10.1 Å². The van der Waals surface area contributed by atoms with Crippen LogP contribution in [0.2, 0.25) is 5.02 Å². The third kappa shape index (κ3) is 3.52. The zero-order valence-electron chi connectivity index (χ0n) is 13.8. The largest absolute Gasteiger partial charge is 0.360 e. The molecule has 10 heteroatoms. The summed E-state index contributed by atoms with van der Waals surface area (Å²) in [6.07, 6.45) is 1.14. The van der Waals surface area contributed by atoms with Crippen LogP contribution in [0, 0.1) is 17.0 Å². The molecule has 1 aliphatic heterocycles. The number of likely N-dealkylation sites (tertiary alicyclic amines) is 1. The molecule has 26 heavy (non-hydrogen) atoms. The Bertz CT molecular complexity index is 881. The van der Waals surface area contributed by atoms with E-state index >= 15 is 0 Å². The molecule has 136 valence electrons. The average molecular weight is 379 g/mol. The Kier molecular flexibility index (Phi) is 4.90. The third-order valence-corrected chi connectivity index (χ3v) is 4.33. The van der Waals surface area contributed by atoms with E-state index in [4.69, 9.17) is 16.1 Å². The molecule has 0 bridgehead atoms. The zero-order valence-corrected chi connectivity index (χ0v) is 14.6. The van der Waals surface area contributed by atoms with Crippen molar-refractivity contribution in [1.29, 1.82) is 0 Å². The number of aryl methyl sites for hydroxylation is 1. The summed E-state index contributed by atoms with van der Waals surface area (Å²) in [6.45, 7) is 2.19. The van der Waals surface area contributed by atoms with Gasteiger partial charge in [0.25, 0.3) is 11.6 Å². The van der Waals surface area contributed by atoms with Crippen LogP contribution in [0.15, 0.2) is 28.8 Å². The number of carbonyl (C=O) groups is 2. The molecule has 0 saturated carbocycles. The Morgan fingerprint density at radius 3 is 2.81 bits per heavy atom. The fourth-order valence-corrected chi connectivity index (χ4v) is 2.87. The lowest BCUT2D eigenvalue weighted by atomic mass is 10.1. The van der Waals surface area contributed by atoms with Crippen molar-refractivity contribution in [2.75, 3.05) is 18.1 Å². The Hall–Kier alpha value is -2.94. The van der Waals surface area contributed by atoms with Crippen molar-refractivity contribution in [2.24, 2.45) is 0 Å². The van der Waals surface area contributed by atoms with Gasteiger partial charge in [-0.2, -0.15) is 0 Å². The van der Waals surface area contributed by atoms with E-state index in [0.717, 1.165) is 6.07 Å². The van der Waals surface area contributed by atoms with E-state index in [1.807, 2.05) is 0 Å². The lowest BCUT2D eigenvalue weighted by molar-refractivity contribution is -0.384. The van der Waals surface area contributed by atoms with Gasteiger partial charge in [-0.25, -0.2) is 0 Å². The molecule has 3 rings (SSSR count). The smallest absolute Gasteiger partial charge is 0.288 e. The van der Waals surface area contributed by atoms with Gasteiger partial charge in [-0.15, -0.1) is 0 Å². The van der Waals surface area contributed by atoms with Crippen LogP contribution in [-0.4, -0.2) is 40.0 Å². The number of amides is 2. The van der Waals surface area contributed by atoms with E-state index in [0.29, 0.717) is 25.1 Å². The Morgan fingerprint density at radius 2 is 2.23 bits per heavy atom. The second kappa shape index (κ2) is 7.12. The predicted octanol–water partition coefficient (Wildman–Crippen LogP) is 2.77. The van der Waals surface area contributed by atoms with Gasteiger partial charge in [0, 0.05) is 30.7 Å². The topological polar surface area (TPSA) is 110 Å². The highest BCUT2D eigenvalue weighted by Crippen LogP contribution is 2.27. The molecule has 1 fully saturated rings. The molecule has 0 N–H and O–H groups in total. The summed E-state index contributed by atoms with van der Waals surface area (Å²) in [5.41, 5.74) is -0.306. The highest BCUT2D eigenvalue weighted by molar-refractivity contribution is 6.32. The number of nitro benzene ring substituents is 1. The van der Waals surface area contributed by atoms with Crippen LogP contribution in [0.3, 0.4) is 0 Å². The molecule has 2 heterocycles. The number of hydrogen-bond donors (Lipinski definition) is 0. The first kappa shape index (κ1) is 17.9. The minimum Gasteiger partial charge on any atom is -0.360 e. The number of hydrogen-bond acceptors (Lipinski definition) is 6. The lowest BCUT2D eigenvalue weighted by Crippen LogP contribution is -2.42. The molecule has 9 nitrogen and oxygen atoms in total. The standard InChI is InChI=1S/C16H15ClN4O5/c1-10-7-14(18-26-10)20(9-19-6-2-3-15(19)22)16(23)11-4-5-12(17)13(8-11)21(24)25/h4-5,7-8H,2-3,6,9H2,1H3. The Morgan fingerprint density at radius 1 is 1.46 bits per heavy atom. The van der Waals surface area contributed by atoms with Crippen LogP contribution >= 0.6 is 11.6 Å². The zero-order chi connectivity index (χ0) is 18.8. The molecule has 2 aromatic rings. The fraction of sp³-hybridized carbons (Fsp3) is 0.312. The molecule has 1 aliphatic rings. The van der Waals surface area contributed by atoms with Gasteiger partial charge >= 0.3 is 0 Å². The van der Waals surface area contributed by atoms with Crippen molar-refractivity contribution in [3.8, 4) is 0 Å². The normalized spacial score (nSPS) is 13.9. The van der Waals surface area contributed by atoms with E-state index in [-0.39, 0.29) is 34.7 Å². The predicted molar refractivity (Wildman–Crippen MR) is 92.0 cm³/mol. The molecule has 0 radical (unpaired) electrons. The molecule has 1 aromatic heterocycles. The summed E-state index contributed by atoms with van der Waals surface area (Å²) in [7, 11) is 0. The summed E-state index contributed by atoms with van der Waals surface area (Å²) in [5.74, 6) is 0.111. The SMILES string of the molecule is Cc1cc(N(CN2CCCC2=O)C(=O)c2ccc(Cl)c([N+](=O)[O-])c2)no1. The van der Waals surface area contributed by atoms with Gasteiger partial charge < -0.3 is 9.42 Å². The van der Waals surface area contributed by atoms with Crippen molar-refractivity contribution in [2.45, 2.75) is 19.8 Å². The first-order valence-corrected chi connectivity index (χ1v) is 8.21. The van der Waals surface area contributed by atoms with Gasteiger partial charge in [-0.3, -0.25) is 24.6 Å². The van der Waals surface area contributed by atoms with Crippen LogP contribution in [0.25, 0.3) is 0 Å². The van der Waals surface area contributed by atoms with Crippen LogP contribution < -0.4 is 4.90 Å². The number of anilines is 1. The summed E-state index contributed by atoms with van der Waals surface area (Å²) < 4.78 is 5.03. The minimum atomic E-state index is -0.659. The average Bonchev–Trinajstić information content (AvgIpc) is 3.20. The Balaban J connectivity index is 1.95. The van der Waals surface area contributed by atoms with Gasteiger partial charge in [0.2, 0.25) is 5.91 Å². The number of nitro groups is 1. The van der Waals surface area contributed by atoms with Crippen molar-refractivity contribution in [3.05, 3.63) is 50.7 Å². The second-order valence-electron chi connectivity index (χ2n) is 5.85. The summed E-state index contributed by atoms with van der Waals surface area (Å²) in [4.78, 5) is 38.1. The number of halogens is 1. The highest BCUT2D eigenvalue weighted by atomic mass is 35.5. The number of carbonyl (C=O) groups excluding carboxylic acids is 2. The first-order chi connectivity index (χ1) is 12.4. The van der Waals surface area contributed by atoms with Gasteiger partial charge in [-0.05, 0) is 25.5 Å². The Labute approximate surface area is 153 Å². The van der Waals surface area contributed by atoms with Crippen molar-refractivity contribution < 1.29 is 19.0 Å². The van der Waals surface area contributed by atoms with Crippen LogP contribution in [0.4, 0.5) is 11.5 Å². The summed E-state index contributed by atoms with van der Waals surface area (Å²) >= 11 is 5.81. The maximum Gasteiger partial charge on any atom is 0.288 e. The lowest BCUT2D eigenvalue weighted by Gasteiger charge is -2.25. The maximum atomic E-state index is 13.0. The highest BCUT2D eigenvalue weighted by Gasteiger charge is 2.29. The van der Waals surface area contributed by atoms with E-state index in [2.05, 4.69) is 5.16 Å². The summed E-state index contributed by atoms with van der Waals surface area (Å²) in [6, 6.07) is 5.35. The van der Waals surface area contributed by atoms with E-state index < -0.39 is 10.8 Å². The van der Waals surface area contributed by atoms with Gasteiger partial charge in [0.15, 0.2) is 5.82 Å². The molecule has 1 saturated heterocycles. The molecular weight excluding hydrogens is 364 g/mol. The summed E-state index contributed by atoms with van der Waals surface area (Å²) in [5, 5.41) is 14.8. The second-order valence-corrected chi connectivity index (χ2v) is 6.26. The molecule has 0 spiro atoms. The van der Waals surface area contributed by atoms with Gasteiger partial charge in [0.1, 0.15) is 17.5 Å². The number of aromatic nitrogens is 1. The maximum absolute atomic E-state index is 13.0. The third-order valence-electron chi connectivity index (χ3n) is 4.01. The van der Waals surface area contributed by atoms with Crippen LogP contribution in [0.5, 0.6) is 0 Å². The van der Waals surface area contributed by atoms with E-state index in [1.54, 1.807) is 13.0 Å². The fourth-order valence-electron chi connectivity index (χ4n) is 2.69.